The van der Waals surface area contributed by atoms with E-state index in [1.807, 2.05) is 5.38 Å². The Morgan fingerprint density at radius 2 is 1.96 bits per heavy atom. The Balaban J connectivity index is 1.51. The van der Waals surface area contributed by atoms with E-state index in [0.29, 0.717) is 5.13 Å². The Morgan fingerprint density at radius 3 is 2.76 bits per heavy atom. The average molecular weight is 369 g/mol. The lowest BCUT2D eigenvalue weighted by molar-refractivity contribution is 0.103. The smallest absolute Gasteiger partial charge is 0.267 e. The fourth-order valence-corrected chi connectivity index (χ4v) is 4.99. The maximum Gasteiger partial charge on any atom is 0.267 e. The molecular formula is C20H20N2OS2. The Bertz CT molecular complexity index is 916. The van der Waals surface area contributed by atoms with Gasteiger partial charge < -0.3 is 0 Å². The van der Waals surface area contributed by atoms with E-state index in [1.54, 1.807) is 11.3 Å². The number of amides is 1. The van der Waals surface area contributed by atoms with Gasteiger partial charge in [0.15, 0.2) is 5.13 Å². The van der Waals surface area contributed by atoms with Crippen molar-refractivity contribution in [2.75, 3.05) is 5.32 Å². The quantitative estimate of drug-likeness (QED) is 0.652. The monoisotopic (exact) mass is 368 g/mol. The van der Waals surface area contributed by atoms with E-state index >= 15 is 0 Å². The normalized spacial score (nSPS) is 13.5. The number of hydrogen-bond donors (Lipinski definition) is 1. The van der Waals surface area contributed by atoms with Gasteiger partial charge in [0.05, 0.1) is 10.6 Å². The van der Waals surface area contributed by atoms with Crippen molar-refractivity contribution in [2.24, 2.45) is 0 Å². The molecule has 2 aromatic heterocycles. The van der Waals surface area contributed by atoms with Crippen LogP contribution in [0.25, 0.3) is 11.3 Å². The van der Waals surface area contributed by atoms with Crippen LogP contribution in [0.3, 0.4) is 0 Å². The van der Waals surface area contributed by atoms with Crippen LogP contribution in [0.15, 0.2) is 29.6 Å². The summed E-state index contributed by atoms with van der Waals surface area (Å²) in [5.74, 6) is -0.0413. The van der Waals surface area contributed by atoms with Crippen molar-refractivity contribution in [3.05, 3.63) is 56.1 Å². The Morgan fingerprint density at radius 1 is 1.12 bits per heavy atom. The molecule has 3 aromatic rings. The van der Waals surface area contributed by atoms with Gasteiger partial charge >= 0.3 is 0 Å². The van der Waals surface area contributed by atoms with E-state index < -0.39 is 0 Å². The zero-order chi connectivity index (χ0) is 17.4. The van der Waals surface area contributed by atoms with Gasteiger partial charge in [-0.2, -0.15) is 0 Å². The number of rotatable bonds is 3. The summed E-state index contributed by atoms with van der Waals surface area (Å²) in [5, 5.41) is 5.62. The summed E-state index contributed by atoms with van der Waals surface area (Å²) in [6, 6.07) is 8.39. The average Bonchev–Trinajstić information content (AvgIpc) is 3.24. The number of anilines is 1. The van der Waals surface area contributed by atoms with Crippen molar-refractivity contribution in [1.82, 2.24) is 4.98 Å². The topological polar surface area (TPSA) is 42.0 Å². The molecular weight excluding hydrogens is 348 g/mol. The third kappa shape index (κ3) is 3.39. The van der Waals surface area contributed by atoms with E-state index in [9.17, 15) is 4.79 Å². The summed E-state index contributed by atoms with van der Waals surface area (Å²) < 4.78 is 0. The Hall–Kier alpha value is -1.98. The van der Waals surface area contributed by atoms with Gasteiger partial charge in [0.1, 0.15) is 0 Å². The van der Waals surface area contributed by atoms with E-state index in [0.717, 1.165) is 29.0 Å². The highest BCUT2D eigenvalue weighted by atomic mass is 32.1. The molecule has 1 aliphatic carbocycles. The number of thiazole rings is 1. The minimum atomic E-state index is -0.0413. The molecule has 0 aliphatic heterocycles. The second kappa shape index (κ2) is 6.73. The van der Waals surface area contributed by atoms with Gasteiger partial charge in [-0.15, -0.1) is 22.7 Å². The van der Waals surface area contributed by atoms with Crippen LogP contribution in [0, 0.1) is 13.8 Å². The molecule has 2 heterocycles. The molecule has 128 valence electrons. The first-order valence-corrected chi connectivity index (χ1v) is 10.3. The Labute approximate surface area is 155 Å². The predicted octanol–water partition coefficient (Wildman–Crippen LogP) is 5.62. The van der Waals surface area contributed by atoms with Gasteiger partial charge in [0.25, 0.3) is 5.91 Å². The first-order chi connectivity index (χ1) is 12.1. The standard InChI is InChI=1S/C20H20N2OS2/c1-12-7-8-14(9-13(12)2)16-11-24-20(21-16)22-19(23)18-10-15-5-3-4-6-17(15)25-18/h7-11H,3-6H2,1-2H3,(H,21,22,23). The van der Waals surface area contributed by atoms with Crippen molar-refractivity contribution in [2.45, 2.75) is 39.5 Å². The van der Waals surface area contributed by atoms with Crippen LogP contribution in [0.4, 0.5) is 5.13 Å². The van der Waals surface area contributed by atoms with E-state index in [2.05, 4.69) is 48.4 Å². The van der Waals surface area contributed by atoms with Crippen LogP contribution in [0.2, 0.25) is 0 Å². The van der Waals surface area contributed by atoms with Crippen LogP contribution < -0.4 is 5.32 Å². The second-order valence-corrected chi connectivity index (χ2v) is 8.55. The highest BCUT2D eigenvalue weighted by Gasteiger charge is 2.18. The van der Waals surface area contributed by atoms with Crippen molar-refractivity contribution in [1.29, 1.82) is 0 Å². The first kappa shape index (κ1) is 16.5. The number of nitrogens with zero attached hydrogens (tertiary/aromatic N) is 1. The van der Waals surface area contributed by atoms with Gasteiger partial charge in [0, 0.05) is 15.8 Å². The number of carbonyl (C=O) groups is 1. The van der Waals surface area contributed by atoms with Gasteiger partial charge in [-0.3, -0.25) is 10.1 Å². The molecule has 5 heteroatoms. The van der Waals surface area contributed by atoms with Crippen molar-refractivity contribution < 1.29 is 4.79 Å². The molecule has 0 radical (unpaired) electrons. The first-order valence-electron chi connectivity index (χ1n) is 8.56. The molecule has 25 heavy (non-hydrogen) atoms. The molecule has 1 aromatic carbocycles. The van der Waals surface area contributed by atoms with Crippen LogP contribution in [0.1, 0.15) is 44.1 Å². The van der Waals surface area contributed by atoms with Crippen molar-refractivity contribution >= 4 is 33.7 Å². The van der Waals surface area contributed by atoms with Crippen LogP contribution in [-0.2, 0) is 12.8 Å². The molecule has 0 saturated heterocycles. The molecule has 0 spiro atoms. The SMILES string of the molecule is Cc1ccc(-c2csc(NC(=O)c3cc4c(s3)CCCC4)n2)cc1C. The fourth-order valence-electron chi connectivity index (χ4n) is 3.13. The number of hydrogen-bond acceptors (Lipinski definition) is 4. The van der Waals surface area contributed by atoms with Gasteiger partial charge in [-0.1, -0.05) is 12.1 Å². The lowest BCUT2D eigenvalue weighted by Crippen LogP contribution is -2.09. The molecule has 0 bridgehead atoms. The number of aryl methyl sites for hydroxylation is 4. The highest BCUT2D eigenvalue weighted by Crippen LogP contribution is 2.31. The number of benzene rings is 1. The maximum atomic E-state index is 12.5. The third-order valence-electron chi connectivity index (χ3n) is 4.75. The molecule has 1 N–H and O–H groups in total. The van der Waals surface area contributed by atoms with Crippen LogP contribution >= 0.6 is 22.7 Å². The predicted molar refractivity (Wildman–Crippen MR) is 106 cm³/mol. The van der Waals surface area contributed by atoms with Crippen LogP contribution in [-0.4, -0.2) is 10.9 Å². The molecule has 0 fully saturated rings. The highest BCUT2D eigenvalue weighted by molar-refractivity contribution is 7.15. The summed E-state index contributed by atoms with van der Waals surface area (Å²) in [6.45, 7) is 4.21. The third-order valence-corrected chi connectivity index (χ3v) is 6.74. The number of fused-ring (bicyclic) bond motifs is 1. The lowest BCUT2D eigenvalue weighted by atomic mass is 9.99. The zero-order valence-electron chi connectivity index (χ0n) is 14.4. The van der Waals surface area contributed by atoms with E-state index in [4.69, 9.17) is 0 Å². The van der Waals surface area contributed by atoms with Gasteiger partial charge in [-0.05, 0) is 68.4 Å². The number of thiophene rings is 1. The number of aromatic nitrogens is 1. The molecule has 0 atom stereocenters. The van der Waals surface area contributed by atoms with Crippen LogP contribution in [0.5, 0.6) is 0 Å². The Kier molecular flexibility index (Phi) is 4.44. The molecule has 1 amide bonds. The van der Waals surface area contributed by atoms with E-state index in [-0.39, 0.29) is 5.91 Å². The van der Waals surface area contributed by atoms with Gasteiger partial charge in [-0.25, -0.2) is 4.98 Å². The van der Waals surface area contributed by atoms with Crippen molar-refractivity contribution in [3.63, 3.8) is 0 Å². The minimum absolute atomic E-state index is 0.0413. The largest absolute Gasteiger partial charge is 0.297 e. The van der Waals surface area contributed by atoms with Gasteiger partial charge in [0.2, 0.25) is 0 Å². The molecule has 3 nitrogen and oxygen atoms in total. The second-order valence-electron chi connectivity index (χ2n) is 6.56. The van der Waals surface area contributed by atoms with E-state index in [1.165, 1.54) is 45.7 Å². The summed E-state index contributed by atoms with van der Waals surface area (Å²) in [7, 11) is 0. The zero-order valence-corrected chi connectivity index (χ0v) is 16.0. The summed E-state index contributed by atoms with van der Waals surface area (Å²) in [4.78, 5) is 19.3. The summed E-state index contributed by atoms with van der Waals surface area (Å²) in [5.41, 5.74) is 5.88. The fraction of sp³-hybridized carbons (Fsp3) is 0.300. The molecule has 1 aliphatic rings. The minimum Gasteiger partial charge on any atom is -0.297 e. The lowest BCUT2D eigenvalue weighted by Gasteiger charge is -2.08. The number of carbonyl (C=O) groups excluding carboxylic acids is 1. The molecule has 0 unspecified atom stereocenters. The number of nitrogens with one attached hydrogen (secondary N) is 1. The summed E-state index contributed by atoms with van der Waals surface area (Å²) >= 11 is 3.11. The summed E-state index contributed by atoms with van der Waals surface area (Å²) in [6.07, 6.45) is 4.69. The maximum absolute atomic E-state index is 12.5. The van der Waals surface area contributed by atoms with Crippen molar-refractivity contribution in [3.8, 4) is 11.3 Å². The molecule has 4 rings (SSSR count). The molecule has 0 saturated carbocycles.